The number of pyridine rings is 1. The van der Waals surface area contributed by atoms with Crippen LogP contribution in [0.2, 0.25) is 0 Å². The van der Waals surface area contributed by atoms with Crippen molar-refractivity contribution in [3.05, 3.63) is 107 Å². The number of aryl methyl sites for hydroxylation is 1. The van der Waals surface area contributed by atoms with Gasteiger partial charge in [0.05, 0.1) is 6.61 Å². The van der Waals surface area contributed by atoms with E-state index < -0.39 is 11.6 Å². The van der Waals surface area contributed by atoms with Crippen LogP contribution in [0.5, 0.6) is 5.75 Å². The molecule has 1 heterocycles. The number of rotatable bonds is 7. The third-order valence-corrected chi connectivity index (χ3v) is 5.54. The Morgan fingerprint density at radius 3 is 2.15 bits per heavy atom. The SMILES string of the molecule is CCOc1ccc(-c2ccc(C=Cc3ccc(-c4ccc(CC)nc4)c(F)c3F)cc2)c(F)c1. The average molecular weight is 460 g/mol. The van der Waals surface area contributed by atoms with E-state index in [1.807, 2.05) is 19.9 Å². The first-order valence-electron chi connectivity index (χ1n) is 11.1. The number of ether oxygens (including phenoxy) is 1. The predicted octanol–water partition coefficient (Wildman–Crippen LogP) is 7.96. The van der Waals surface area contributed by atoms with Crippen LogP contribution in [0.3, 0.4) is 0 Å². The molecule has 0 aliphatic rings. The van der Waals surface area contributed by atoms with Gasteiger partial charge in [-0.1, -0.05) is 61.5 Å². The Labute approximate surface area is 197 Å². The van der Waals surface area contributed by atoms with Crippen LogP contribution in [0.25, 0.3) is 34.4 Å². The van der Waals surface area contributed by atoms with Crippen molar-refractivity contribution in [2.75, 3.05) is 6.61 Å². The second kappa shape index (κ2) is 10.4. The van der Waals surface area contributed by atoms with E-state index in [9.17, 15) is 13.2 Å². The molecule has 0 N–H and O–H groups in total. The van der Waals surface area contributed by atoms with Crippen LogP contribution in [-0.4, -0.2) is 11.6 Å². The zero-order valence-corrected chi connectivity index (χ0v) is 19.0. The van der Waals surface area contributed by atoms with E-state index in [1.54, 1.807) is 66.9 Å². The molecule has 5 heteroatoms. The van der Waals surface area contributed by atoms with Crippen LogP contribution in [0.1, 0.15) is 30.7 Å². The van der Waals surface area contributed by atoms with Crippen molar-refractivity contribution in [2.45, 2.75) is 20.3 Å². The van der Waals surface area contributed by atoms with Crippen LogP contribution in [0.4, 0.5) is 13.2 Å². The molecular weight excluding hydrogens is 435 g/mol. The van der Waals surface area contributed by atoms with Gasteiger partial charge >= 0.3 is 0 Å². The molecule has 172 valence electrons. The minimum atomic E-state index is -0.915. The lowest BCUT2D eigenvalue weighted by atomic mass is 10.0. The van der Waals surface area contributed by atoms with Crippen molar-refractivity contribution >= 4 is 12.2 Å². The van der Waals surface area contributed by atoms with E-state index in [0.717, 1.165) is 17.7 Å². The molecule has 0 radical (unpaired) electrons. The van der Waals surface area contributed by atoms with Gasteiger partial charge < -0.3 is 4.74 Å². The number of hydrogen-bond acceptors (Lipinski definition) is 2. The summed E-state index contributed by atoms with van der Waals surface area (Å²) in [5.74, 6) is -1.71. The number of hydrogen-bond donors (Lipinski definition) is 0. The maximum Gasteiger partial charge on any atom is 0.167 e. The van der Waals surface area contributed by atoms with Gasteiger partial charge in [0.1, 0.15) is 11.6 Å². The van der Waals surface area contributed by atoms with Crippen molar-refractivity contribution in [1.29, 1.82) is 0 Å². The van der Waals surface area contributed by atoms with Gasteiger partial charge in [0.2, 0.25) is 0 Å². The van der Waals surface area contributed by atoms with E-state index in [-0.39, 0.29) is 16.9 Å². The first-order valence-corrected chi connectivity index (χ1v) is 11.1. The van der Waals surface area contributed by atoms with Crippen LogP contribution >= 0.6 is 0 Å². The van der Waals surface area contributed by atoms with Gasteiger partial charge in [0, 0.05) is 40.2 Å². The summed E-state index contributed by atoms with van der Waals surface area (Å²) < 4.78 is 49.2. The van der Waals surface area contributed by atoms with Gasteiger partial charge in [0.25, 0.3) is 0 Å². The van der Waals surface area contributed by atoms with Gasteiger partial charge in [-0.25, -0.2) is 13.2 Å². The summed E-state index contributed by atoms with van der Waals surface area (Å²) in [4.78, 5) is 4.26. The molecule has 0 saturated heterocycles. The summed E-state index contributed by atoms with van der Waals surface area (Å²) in [6.07, 6.45) is 5.54. The summed E-state index contributed by atoms with van der Waals surface area (Å²) in [5.41, 5.74) is 3.68. The normalized spacial score (nSPS) is 11.2. The largest absolute Gasteiger partial charge is 0.494 e. The maximum absolute atomic E-state index is 14.7. The number of halogens is 3. The molecule has 0 aliphatic heterocycles. The Hall–Kier alpha value is -3.86. The molecule has 0 unspecified atom stereocenters. The molecule has 1 aromatic heterocycles. The molecule has 0 spiro atoms. The van der Waals surface area contributed by atoms with Gasteiger partial charge in [-0.05, 0) is 42.7 Å². The molecule has 0 saturated carbocycles. The molecule has 34 heavy (non-hydrogen) atoms. The lowest BCUT2D eigenvalue weighted by Crippen LogP contribution is -1.95. The highest BCUT2D eigenvalue weighted by Crippen LogP contribution is 2.29. The molecule has 4 aromatic rings. The summed E-state index contributed by atoms with van der Waals surface area (Å²) >= 11 is 0. The van der Waals surface area contributed by atoms with Gasteiger partial charge in [-0.15, -0.1) is 0 Å². The van der Waals surface area contributed by atoms with E-state index in [2.05, 4.69) is 4.98 Å². The fraction of sp³-hybridized carbons (Fsp3) is 0.138. The zero-order chi connectivity index (χ0) is 24.1. The first-order chi connectivity index (χ1) is 16.5. The zero-order valence-electron chi connectivity index (χ0n) is 19.0. The molecular formula is C29H24F3NO. The molecule has 0 bridgehead atoms. The van der Waals surface area contributed by atoms with Gasteiger partial charge in [-0.3, -0.25) is 4.98 Å². The first kappa shape index (κ1) is 23.3. The van der Waals surface area contributed by atoms with Crippen molar-refractivity contribution in [3.8, 4) is 28.0 Å². The average Bonchev–Trinajstić information content (AvgIpc) is 2.86. The fourth-order valence-corrected chi connectivity index (χ4v) is 3.66. The van der Waals surface area contributed by atoms with Crippen LogP contribution in [0.15, 0.2) is 72.9 Å². The van der Waals surface area contributed by atoms with E-state index >= 15 is 0 Å². The van der Waals surface area contributed by atoms with E-state index in [4.69, 9.17) is 4.74 Å². The molecule has 3 aromatic carbocycles. The Morgan fingerprint density at radius 1 is 0.765 bits per heavy atom. The number of benzene rings is 3. The quantitative estimate of drug-likeness (QED) is 0.262. The fourth-order valence-electron chi connectivity index (χ4n) is 3.66. The van der Waals surface area contributed by atoms with Crippen LogP contribution in [-0.2, 0) is 6.42 Å². The van der Waals surface area contributed by atoms with Crippen molar-refractivity contribution in [3.63, 3.8) is 0 Å². The molecule has 0 fully saturated rings. The van der Waals surface area contributed by atoms with Gasteiger partial charge in [-0.2, -0.15) is 0 Å². The monoisotopic (exact) mass is 459 g/mol. The lowest BCUT2D eigenvalue weighted by Gasteiger charge is -2.08. The topological polar surface area (TPSA) is 22.1 Å². The van der Waals surface area contributed by atoms with E-state index in [1.165, 1.54) is 12.1 Å². The Bertz CT molecular complexity index is 1310. The summed E-state index contributed by atoms with van der Waals surface area (Å²) in [7, 11) is 0. The minimum absolute atomic E-state index is 0.140. The third kappa shape index (κ3) is 5.04. The van der Waals surface area contributed by atoms with Crippen molar-refractivity contribution in [1.82, 2.24) is 4.98 Å². The van der Waals surface area contributed by atoms with Crippen molar-refractivity contribution in [2.24, 2.45) is 0 Å². The highest BCUT2D eigenvalue weighted by atomic mass is 19.2. The standard InChI is InChI=1S/C29H24F3NO/c1-3-23-13-11-22(18-33-23)26-15-12-21(28(31)29(26)32)10-7-19-5-8-20(9-6-19)25-16-14-24(34-4-2)17-27(25)30/h5-18H,3-4H2,1-2H3. The van der Waals surface area contributed by atoms with E-state index in [0.29, 0.717) is 29.0 Å². The Balaban J connectivity index is 1.53. The number of aromatic nitrogens is 1. The van der Waals surface area contributed by atoms with Gasteiger partial charge in [0.15, 0.2) is 11.6 Å². The highest BCUT2D eigenvalue weighted by molar-refractivity contribution is 5.74. The molecule has 2 nitrogen and oxygen atoms in total. The molecule has 0 atom stereocenters. The maximum atomic E-state index is 14.7. The number of nitrogens with zero attached hydrogens (tertiary/aromatic N) is 1. The van der Waals surface area contributed by atoms with Crippen LogP contribution < -0.4 is 4.74 Å². The predicted molar refractivity (Wildman–Crippen MR) is 131 cm³/mol. The third-order valence-electron chi connectivity index (χ3n) is 5.54. The minimum Gasteiger partial charge on any atom is -0.494 e. The molecule has 0 amide bonds. The Kier molecular flexibility index (Phi) is 7.12. The second-order valence-corrected chi connectivity index (χ2v) is 7.75. The molecule has 4 rings (SSSR count). The lowest BCUT2D eigenvalue weighted by molar-refractivity contribution is 0.338. The summed E-state index contributed by atoms with van der Waals surface area (Å²) in [6.45, 7) is 4.29. The molecule has 0 aliphatic carbocycles. The summed E-state index contributed by atoms with van der Waals surface area (Å²) in [6, 6.07) is 18.6. The van der Waals surface area contributed by atoms with Crippen LogP contribution in [0, 0.1) is 17.5 Å². The second-order valence-electron chi connectivity index (χ2n) is 7.75. The summed E-state index contributed by atoms with van der Waals surface area (Å²) in [5, 5.41) is 0. The Morgan fingerprint density at radius 2 is 1.50 bits per heavy atom. The smallest absolute Gasteiger partial charge is 0.167 e. The van der Waals surface area contributed by atoms with Crippen molar-refractivity contribution < 1.29 is 17.9 Å². The highest BCUT2D eigenvalue weighted by Gasteiger charge is 2.14.